The zero-order valence-corrected chi connectivity index (χ0v) is 17.4. The first kappa shape index (κ1) is 19.3. The topological polar surface area (TPSA) is 59.6 Å². The van der Waals surface area contributed by atoms with Crippen molar-refractivity contribution in [3.05, 3.63) is 71.4 Å². The fraction of sp³-hybridized carbons (Fsp3) is 0.400. The number of fused-ring (bicyclic) bond motifs is 2. The first-order valence-electron chi connectivity index (χ1n) is 10.9. The largest absolute Gasteiger partial charge is 0.396 e. The Kier molecular flexibility index (Phi) is 5.09. The second kappa shape index (κ2) is 7.89. The molecule has 1 amide bonds. The molecule has 156 valence electrons. The van der Waals surface area contributed by atoms with Crippen LogP contribution in [0.4, 0.5) is 0 Å². The number of rotatable bonds is 5. The molecule has 0 radical (unpaired) electrons. The van der Waals surface area contributed by atoms with Gasteiger partial charge in [-0.1, -0.05) is 24.3 Å². The SMILES string of the molecule is Cc1ccccc1[C@@H]1[C@H]2CN(CCCO)C[C@H]2CN1C(=O)c1ccc2[nH]ccc2c1. The van der Waals surface area contributed by atoms with E-state index in [-0.39, 0.29) is 18.6 Å². The number of aliphatic hydroxyl groups is 1. The molecule has 2 aliphatic heterocycles. The second-order valence-electron chi connectivity index (χ2n) is 8.80. The number of H-pyrrole nitrogens is 1. The summed E-state index contributed by atoms with van der Waals surface area (Å²) in [6.07, 6.45) is 2.73. The van der Waals surface area contributed by atoms with Crippen LogP contribution in [0.25, 0.3) is 10.9 Å². The average molecular weight is 404 g/mol. The van der Waals surface area contributed by atoms with Gasteiger partial charge in [-0.05, 0) is 54.7 Å². The van der Waals surface area contributed by atoms with Crippen LogP contribution in [0.15, 0.2) is 54.7 Å². The number of aryl methyl sites for hydroxylation is 1. The normalized spacial score (nSPS) is 23.9. The minimum atomic E-state index is 0.102. The maximum Gasteiger partial charge on any atom is 0.254 e. The van der Waals surface area contributed by atoms with Crippen LogP contribution in [0.1, 0.15) is 33.9 Å². The van der Waals surface area contributed by atoms with Crippen molar-refractivity contribution in [2.24, 2.45) is 11.8 Å². The lowest BCUT2D eigenvalue weighted by molar-refractivity contribution is 0.0700. The summed E-state index contributed by atoms with van der Waals surface area (Å²) in [6.45, 7) is 6.11. The van der Waals surface area contributed by atoms with E-state index in [4.69, 9.17) is 0 Å². The third-order valence-electron chi connectivity index (χ3n) is 6.94. The van der Waals surface area contributed by atoms with Gasteiger partial charge in [0.2, 0.25) is 0 Å². The lowest BCUT2D eigenvalue weighted by atomic mass is 9.87. The highest BCUT2D eigenvalue weighted by Gasteiger charge is 2.49. The molecule has 2 N–H and O–H groups in total. The van der Waals surface area contributed by atoms with Gasteiger partial charge < -0.3 is 19.9 Å². The molecule has 5 nitrogen and oxygen atoms in total. The number of hydrogen-bond donors (Lipinski definition) is 2. The van der Waals surface area contributed by atoms with Gasteiger partial charge in [-0.15, -0.1) is 0 Å². The summed E-state index contributed by atoms with van der Waals surface area (Å²) in [5, 5.41) is 10.3. The van der Waals surface area contributed by atoms with Gasteiger partial charge in [-0.25, -0.2) is 0 Å². The number of nitrogens with zero attached hydrogens (tertiary/aromatic N) is 2. The molecule has 3 heterocycles. The smallest absolute Gasteiger partial charge is 0.254 e. The zero-order valence-electron chi connectivity index (χ0n) is 17.4. The Morgan fingerprint density at radius 1 is 1.13 bits per heavy atom. The van der Waals surface area contributed by atoms with Crippen molar-refractivity contribution in [1.29, 1.82) is 0 Å². The summed E-state index contributed by atoms with van der Waals surface area (Å²) in [7, 11) is 0. The Balaban J connectivity index is 1.48. The summed E-state index contributed by atoms with van der Waals surface area (Å²) in [5.74, 6) is 1.04. The quantitative estimate of drug-likeness (QED) is 0.684. The molecule has 0 bridgehead atoms. The summed E-state index contributed by atoms with van der Waals surface area (Å²) < 4.78 is 0. The molecule has 5 heteroatoms. The van der Waals surface area contributed by atoms with Crippen molar-refractivity contribution in [3.8, 4) is 0 Å². The van der Waals surface area contributed by atoms with Gasteiger partial charge in [0.05, 0.1) is 6.04 Å². The van der Waals surface area contributed by atoms with Gasteiger partial charge in [-0.2, -0.15) is 0 Å². The van der Waals surface area contributed by atoms with E-state index >= 15 is 0 Å². The molecule has 0 unspecified atom stereocenters. The van der Waals surface area contributed by atoms with E-state index in [1.165, 1.54) is 11.1 Å². The van der Waals surface area contributed by atoms with Crippen LogP contribution in [0, 0.1) is 18.8 Å². The van der Waals surface area contributed by atoms with E-state index in [0.717, 1.165) is 49.1 Å². The molecular formula is C25H29N3O2. The van der Waals surface area contributed by atoms with Crippen LogP contribution in [-0.4, -0.2) is 58.6 Å². The van der Waals surface area contributed by atoms with Gasteiger partial charge in [0.1, 0.15) is 0 Å². The van der Waals surface area contributed by atoms with Crippen molar-refractivity contribution in [2.75, 3.05) is 32.8 Å². The number of nitrogens with one attached hydrogen (secondary N) is 1. The van der Waals surface area contributed by atoms with Crippen LogP contribution in [0.3, 0.4) is 0 Å². The zero-order chi connectivity index (χ0) is 20.7. The van der Waals surface area contributed by atoms with Gasteiger partial charge in [-0.3, -0.25) is 4.79 Å². The molecule has 2 fully saturated rings. The molecule has 0 spiro atoms. The Bertz CT molecular complexity index is 1060. The van der Waals surface area contributed by atoms with Crippen LogP contribution in [0.5, 0.6) is 0 Å². The van der Waals surface area contributed by atoms with Gasteiger partial charge in [0, 0.05) is 61.4 Å². The number of carbonyl (C=O) groups is 1. The van der Waals surface area contributed by atoms with Crippen LogP contribution in [0.2, 0.25) is 0 Å². The lowest BCUT2D eigenvalue weighted by Crippen LogP contribution is -2.36. The van der Waals surface area contributed by atoms with Crippen molar-refractivity contribution < 1.29 is 9.90 Å². The van der Waals surface area contributed by atoms with Gasteiger partial charge in [0.15, 0.2) is 0 Å². The van der Waals surface area contributed by atoms with Crippen LogP contribution >= 0.6 is 0 Å². The first-order valence-corrected chi connectivity index (χ1v) is 10.9. The predicted molar refractivity (Wildman–Crippen MR) is 118 cm³/mol. The number of hydrogen-bond acceptors (Lipinski definition) is 3. The Labute approximate surface area is 177 Å². The number of aromatic nitrogens is 1. The van der Waals surface area contributed by atoms with E-state index in [0.29, 0.717) is 11.8 Å². The molecule has 2 aromatic carbocycles. The molecule has 2 saturated heterocycles. The molecule has 0 aliphatic carbocycles. The fourth-order valence-corrected chi connectivity index (χ4v) is 5.49. The van der Waals surface area contributed by atoms with Crippen molar-refractivity contribution >= 4 is 16.8 Å². The first-order chi connectivity index (χ1) is 14.7. The molecule has 2 aliphatic rings. The van der Waals surface area contributed by atoms with Crippen LogP contribution in [-0.2, 0) is 0 Å². The molecule has 3 aromatic rings. The van der Waals surface area contributed by atoms with Gasteiger partial charge in [0.25, 0.3) is 5.91 Å². The maximum atomic E-state index is 13.7. The number of likely N-dealkylation sites (tertiary alicyclic amines) is 2. The standard InChI is InChI=1S/C25H29N3O2/c1-17-5-2-3-6-21(17)24-22-16-27(11-4-12-29)14-20(22)15-28(24)25(30)19-7-8-23-18(13-19)9-10-26-23/h2-3,5-10,13,20,22,24,26,29H,4,11-12,14-16H2,1H3/t20-,22-,24+/m0/s1. The van der Waals surface area contributed by atoms with Crippen LogP contribution < -0.4 is 0 Å². The molecule has 1 aromatic heterocycles. The summed E-state index contributed by atoms with van der Waals surface area (Å²) >= 11 is 0. The predicted octanol–water partition coefficient (Wildman–Crippen LogP) is 3.60. The third-order valence-corrected chi connectivity index (χ3v) is 6.94. The molecule has 5 rings (SSSR count). The number of aliphatic hydroxyl groups excluding tert-OH is 1. The fourth-order valence-electron chi connectivity index (χ4n) is 5.49. The Hall–Kier alpha value is -2.63. The van der Waals surface area contributed by atoms with Crippen molar-refractivity contribution in [1.82, 2.24) is 14.8 Å². The molecule has 0 saturated carbocycles. The highest BCUT2D eigenvalue weighted by molar-refractivity contribution is 5.98. The van der Waals surface area contributed by atoms with E-state index in [2.05, 4.69) is 46.0 Å². The lowest BCUT2D eigenvalue weighted by Gasteiger charge is -2.31. The van der Waals surface area contributed by atoms with Crippen molar-refractivity contribution in [3.63, 3.8) is 0 Å². The number of aromatic amines is 1. The Morgan fingerprint density at radius 2 is 2.00 bits per heavy atom. The van der Waals surface area contributed by atoms with Gasteiger partial charge >= 0.3 is 0 Å². The molecular weight excluding hydrogens is 374 g/mol. The molecule has 3 atom stereocenters. The van der Waals surface area contributed by atoms with Crippen molar-refractivity contribution in [2.45, 2.75) is 19.4 Å². The van der Waals surface area contributed by atoms with E-state index in [9.17, 15) is 9.90 Å². The Morgan fingerprint density at radius 3 is 2.83 bits per heavy atom. The minimum Gasteiger partial charge on any atom is -0.396 e. The number of benzene rings is 2. The summed E-state index contributed by atoms with van der Waals surface area (Å²) in [5.41, 5.74) is 4.33. The minimum absolute atomic E-state index is 0.102. The average Bonchev–Trinajstić information content (AvgIpc) is 3.45. The third kappa shape index (κ3) is 3.32. The monoisotopic (exact) mass is 403 g/mol. The number of carbonyl (C=O) groups excluding carboxylic acids is 1. The van der Waals surface area contributed by atoms with E-state index < -0.39 is 0 Å². The molecule has 30 heavy (non-hydrogen) atoms. The summed E-state index contributed by atoms with van der Waals surface area (Å²) in [6, 6.07) is 16.6. The highest BCUT2D eigenvalue weighted by Crippen LogP contribution is 2.46. The van der Waals surface area contributed by atoms with E-state index in [1.54, 1.807) is 0 Å². The summed E-state index contributed by atoms with van der Waals surface area (Å²) in [4.78, 5) is 21.4. The maximum absolute atomic E-state index is 13.7. The van der Waals surface area contributed by atoms with E-state index in [1.807, 2.05) is 30.5 Å². The number of amides is 1. The highest BCUT2D eigenvalue weighted by atomic mass is 16.3. The second-order valence-corrected chi connectivity index (χ2v) is 8.80.